The Bertz CT molecular complexity index is 219. The number of hydrogen-bond donors (Lipinski definition) is 0. The molecule has 0 nitrogen and oxygen atoms in total. The van der Waals surface area contributed by atoms with Gasteiger partial charge < -0.3 is 17.3 Å². The number of halogens is 5. The van der Waals surface area contributed by atoms with Gasteiger partial charge in [0, 0.05) is 0 Å². The quantitative estimate of drug-likeness (QED) is 0.449. The molecule has 0 amide bonds. The second kappa shape index (κ2) is 6.82. The van der Waals surface area contributed by atoms with Gasteiger partial charge in [-0.15, -0.1) is 0 Å². The molecule has 0 aromatic rings. The largest absolute Gasteiger partial charge is 0.673 e. The molecule has 0 aromatic carbocycles. The molecule has 1 saturated heterocycles. The molecule has 1 fully saturated rings. The fourth-order valence-corrected chi connectivity index (χ4v) is 5.23. The van der Waals surface area contributed by atoms with E-state index < -0.39 is 7.25 Å². The third kappa shape index (κ3) is 10.6. The van der Waals surface area contributed by atoms with Gasteiger partial charge >= 0.3 is 79.6 Å². The normalized spacial score (nSPS) is 25.4. The molecule has 0 spiro atoms. The van der Waals surface area contributed by atoms with Crippen LogP contribution in [-0.2, 0) is 0 Å². The third-order valence-corrected chi connectivity index (χ3v) is 5.98. The van der Waals surface area contributed by atoms with Crippen LogP contribution in [0.1, 0.15) is 19.8 Å². The molecule has 90 valence electrons. The van der Waals surface area contributed by atoms with Gasteiger partial charge in [0.1, 0.15) is 0 Å². The van der Waals surface area contributed by atoms with Crippen LogP contribution >= 0.6 is 11.6 Å². The maximum absolute atomic E-state index is 9.75. The van der Waals surface area contributed by atoms with Crippen LogP contribution < -0.4 is 0 Å². The number of hydrogen-bond acceptors (Lipinski definition) is 0. The van der Waals surface area contributed by atoms with Crippen molar-refractivity contribution >= 4 is 32.8 Å². The van der Waals surface area contributed by atoms with E-state index in [1.165, 1.54) is 23.5 Å². The first-order chi connectivity index (χ1) is 6.70. The molecule has 1 unspecified atom stereocenters. The van der Waals surface area contributed by atoms with Gasteiger partial charge in [0.25, 0.3) is 0 Å². The number of rotatable bonds is 0. The smallest absolute Gasteiger partial charge is 0.418 e. The van der Waals surface area contributed by atoms with Gasteiger partial charge in [-0.05, 0) is 0 Å². The topological polar surface area (TPSA) is 0 Å². The SMILES string of the molecule is C/C(Cl)=C1/CCC[Se+](C)C1.F[B-](F)(F)F. The molecule has 0 aromatic heterocycles. The summed E-state index contributed by atoms with van der Waals surface area (Å²) in [6, 6.07) is 0. The Balaban J connectivity index is 0.000000336. The number of allylic oxidation sites excluding steroid dienone is 2. The maximum atomic E-state index is 9.75. The molecule has 1 heterocycles. The molecular weight excluding hydrogens is 297 g/mol. The van der Waals surface area contributed by atoms with Crippen LogP contribution in [0.3, 0.4) is 0 Å². The van der Waals surface area contributed by atoms with Gasteiger partial charge in [0.15, 0.2) is 0 Å². The zero-order valence-corrected chi connectivity index (χ0v) is 11.2. The molecule has 0 saturated carbocycles. The van der Waals surface area contributed by atoms with Crippen LogP contribution in [0.5, 0.6) is 0 Å². The standard InChI is InChI=1S/C8H14ClSe.BF4/c1-7(9)8-4-3-5-10(2)6-8;2-1(3,4)5/h3-6H2,1-2H3;/q+1;-1/b8-7+;. The van der Waals surface area contributed by atoms with Gasteiger partial charge in [-0.2, -0.15) is 0 Å². The first-order valence-corrected chi connectivity index (χ1v) is 9.02. The predicted molar refractivity (Wildman–Crippen MR) is 59.2 cm³/mol. The van der Waals surface area contributed by atoms with Crippen molar-refractivity contribution in [1.29, 1.82) is 0 Å². The second-order valence-corrected chi connectivity index (χ2v) is 8.67. The van der Waals surface area contributed by atoms with E-state index in [9.17, 15) is 17.3 Å². The van der Waals surface area contributed by atoms with Crippen molar-refractivity contribution in [2.45, 2.75) is 36.2 Å². The third-order valence-electron chi connectivity index (χ3n) is 1.88. The van der Waals surface area contributed by atoms with E-state index in [2.05, 4.69) is 5.82 Å². The molecule has 1 aliphatic rings. The average Bonchev–Trinajstić information content (AvgIpc) is 2.00. The van der Waals surface area contributed by atoms with Crippen LogP contribution in [0.4, 0.5) is 17.3 Å². The molecule has 1 rings (SSSR count). The maximum Gasteiger partial charge on any atom is 0.673 e. The molecule has 15 heavy (non-hydrogen) atoms. The minimum absolute atomic E-state index is 0.230. The molecule has 0 radical (unpaired) electrons. The van der Waals surface area contributed by atoms with Crippen molar-refractivity contribution in [3.05, 3.63) is 10.6 Å². The van der Waals surface area contributed by atoms with Gasteiger partial charge in [0.2, 0.25) is 0 Å². The van der Waals surface area contributed by atoms with Crippen LogP contribution in [-0.4, -0.2) is 21.2 Å². The summed E-state index contributed by atoms with van der Waals surface area (Å²) in [5, 5.41) is 3.93. The molecule has 1 aliphatic heterocycles. The molecule has 0 aliphatic carbocycles. The van der Waals surface area contributed by atoms with Crippen LogP contribution in [0.25, 0.3) is 0 Å². The summed E-state index contributed by atoms with van der Waals surface area (Å²) in [6.45, 7) is 2.03. The van der Waals surface area contributed by atoms with Crippen molar-refractivity contribution < 1.29 is 17.3 Å². The van der Waals surface area contributed by atoms with Crippen LogP contribution in [0, 0.1) is 0 Å². The molecule has 0 bridgehead atoms. The summed E-state index contributed by atoms with van der Waals surface area (Å²) in [6.07, 6.45) is 2.66. The Hall–Kier alpha value is 0.334. The molecular formula is C8H14BClF4Se. The van der Waals surface area contributed by atoms with Crippen LogP contribution in [0.15, 0.2) is 10.6 Å². The minimum atomic E-state index is -6.00. The van der Waals surface area contributed by atoms with Gasteiger partial charge in [-0.3, -0.25) is 0 Å². The first-order valence-electron chi connectivity index (χ1n) is 4.50. The Morgan fingerprint density at radius 1 is 1.33 bits per heavy atom. The summed E-state index contributed by atoms with van der Waals surface area (Å²) in [5.41, 5.74) is 1.54. The Morgan fingerprint density at radius 3 is 2.07 bits per heavy atom. The average molecular weight is 311 g/mol. The van der Waals surface area contributed by atoms with E-state index in [1.807, 2.05) is 6.92 Å². The second-order valence-electron chi connectivity index (χ2n) is 3.37. The van der Waals surface area contributed by atoms with E-state index in [4.69, 9.17) is 11.6 Å². The summed E-state index contributed by atoms with van der Waals surface area (Å²) < 4.78 is 39.0. The van der Waals surface area contributed by atoms with E-state index in [1.54, 1.807) is 5.57 Å². The monoisotopic (exact) mass is 312 g/mol. The van der Waals surface area contributed by atoms with Gasteiger partial charge in [-0.1, -0.05) is 0 Å². The Labute approximate surface area is 97.1 Å². The van der Waals surface area contributed by atoms with Crippen molar-refractivity contribution in [2.75, 3.05) is 0 Å². The minimum Gasteiger partial charge on any atom is -0.418 e. The Kier molecular flexibility index (Phi) is 6.97. The van der Waals surface area contributed by atoms with Crippen molar-refractivity contribution in [2.24, 2.45) is 0 Å². The molecule has 1 atom stereocenters. The van der Waals surface area contributed by atoms with E-state index in [0.717, 1.165) is 5.03 Å². The summed E-state index contributed by atoms with van der Waals surface area (Å²) in [4.78, 5) is 0. The first kappa shape index (κ1) is 15.3. The summed E-state index contributed by atoms with van der Waals surface area (Å²) in [5.74, 6) is 2.43. The van der Waals surface area contributed by atoms with Gasteiger partial charge in [0.05, 0.1) is 0 Å². The van der Waals surface area contributed by atoms with E-state index >= 15 is 0 Å². The molecule has 7 heteroatoms. The summed E-state index contributed by atoms with van der Waals surface area (Å²) in [7, 11) is -6.00. The fourth-order valence-electron chi connectivity index (χ4n) is 1.25. The summed E-state index contributed by atoms with van der Waals surface area (Å²) >= 11 is 5.69. The zero-order valence-electron chi connectivity index (χ0n) is 8.70. The predicted octanol–water partition coefficient (Wildman–Crippen LogP) is 4.72. The van der Waals surface area contributed by atoms with Crippen LogP contribution in [0.2, 0.25) is 16.5 Å². The molecule has 0 N–H and O–H groups in total. The zero-order chi connectivity index (χ0) is 12.1. The van der Waals surface area contributed by atoms with Crippen molar-refractivity contribution in [3.8, 4) is 0 Å². The Morgan fingerprint density at radius 2 is 1.80 bits per heavy atom. The van der Waals surface area contributed by atoms with E-state index in [0.29, 0.717) is 0 Å². The fraction of sp³-hybridized carbons (Fsp3) is 0.750. The van der Waals surface area contributed by atoms with E-state index in [-0.39, 0.29) is 13.9 Å². The van der Waals surface area contributed by atoms with Crippen molar-refractivity contribution in [3.63, 3.8) is 0 Å². The van der Waals surface area contributed by atoms with Crippen molar-refractivity contribution in [1.82, 2.24) is 0 Å². The van der Waals surface area contributed by atoms with Gasteiger partial charge in [-0.25, -0.2) is 0 Å².